The van der Waals surface area contributed by atoms with Crippen molar-refractivity contribution in [3.8, 4) is 0 Å². The van der Waals surface area contributed by atoms with Crippen molar-refractivity contribution in [1.82, 2.24) is 4.90 Å². The number of imide groups is 1. The molecule has 1 aromatic carbocycles. The van der Waals surface area contributed by atoms with Crippen molar-refractivity contribution in [3.05, 3.63) is 28.8 Å². The standard InChI is InChI=1S/C16H16ClF3N2O2/c17-11-5-4-10(16(18,19)20)8-12(11)22-14(23)9-13(15(22)24)21-6-2-1-3-7-21/h4-5,8,13H,1-3,6-7,9H2/t13-/m1/s1. The number of anilines is 1. The number of amides is 2. The molecule has 3 rings (SSSR count). The molecule has 24 heavy (non-hydrogen) atoms. The highest BCUT2D eigenvalue weighted by Crippen LogP contribution is 2.37. The second kappa shape index (κ2) is 6.37. The van der Waals surface area contributed by atoms with Crippen LogP contribution in [-0.2, 0) is 15.8 Å². The molecule has 1 aromatic rings. The summed E-state index contributed by atoms with van der Waals surface area (Å²) in [6.45, 7) is 1.43. The Morgan fingerprint density at radius 1 is 1.08 bits per heavy atom. The molecule has 130 valence electrons. The van der Waals surface area contributed by atoms with Crippen LogP contribution < -0.4 is 4.90 Å². The van der Waals surface area contributed by atoms with Gasteiger partial charge in [0.05, 0.1) is 28.7 Å². The van der Waals surface area contributed by atoms with Crippen LogP contribution in [0.25, 0.3) is 0 Å². The van der Waals surface area contributed by atoms with Crippen molar-refractivity contribution in [2.24, 2.45) is 0 Å². The molecule has 8 heteroatoms. The highest BCUT2D eigenvalue weighted by Gasteiger charge is 2.44. The van der Waals surface area contributed by atoms with Crippen LogP contribution in [0.15, 0.2) is 18.2 Å². The molecule has 2 fully saturated rings. The number of hydrogen-bond acceptors (Lipinski definition) is 3. The molecular formula is C16H16ClF3N2O2. The number of carbonyl (C=O) groups excluding carboxylic acids is 2. The van der Waals surface area contributed by atoms with E-state index in [0.717, 1.165) is 42.4 Å². The maximum atomic E-state index is 12.9. The first-order valence-electron chi connectivity index (χ1n) is 7.76. The molecular weight excluding hydrogens is 345 g/mol. The van der Waals surface area contributed by atoms with Gasteiger partial charge in [0, 0.05) is 0 Å². The minimum atomic E-state index is -4.57. The fourth-order valence-electron chi connectivity index (χ4n) is 3.24. The maximum absolute atomic E-state index is 12.9. The minimum absolute atomic E-state index is 0.0224. The van der Waals surface area contributed by atoms with Gasteiger partial charge in [-0.3, -0.25) is 14.5 Å². The number of likely N-dealkylation sites (tertiary alicyclic amines) is 1. The Morgan fingerprint density at radius 3 is 2.38 bits per heavy atom. The summed E-state index contributed by atoms with van der Waals surface area (Å²) in [5.74, 6) is -1.01. The van der Waals surface area contributed by atoms with Crippen LogP contribution in [0.2, 0.25) is 5.02 Å². The number of alkyl halides is 3. The van der Waals surface area contributed by atoms with Gasteiger partial charge in [-0.05, 0) is 44.1 Å². The van der Waals surface area contributed by atoms with Crippen LogP contribution in [-0.4, -0.2) is 35.8 Å². The molecule has 0 saturated carbocycles. The average molecular weight is 361 g/mol. The number of carbonyl (C=O) groups is 2. The second-order valence-corrected chi connectivity index (χ2v) is 6.46. The lowest BCUT2D eigenvalue weighted by Crippen LogP contribution is -2.44. The fourth-order valence-corrected chi connectivity index (χ4v) is 3.45. The number of halogens is 4. The highest BCUT2D eigenvalue weighted by molar-refractivity contribution is 6.36. The fraction of sp³-hybridized carbons (Fsp3) is 0.500. The molecule has 4 nitrogen and oxygen atoms in total. The third kappa shape index (κ3) is 3.15. The van der Waals surface area contributed by atoms with Crippen molar-refractivity contribution in [3.63, 3.8) is 0 Å². The molecule has 0 spiro atoms. The van der Waals surface area contributed by atoms with E-state index in [9.17, 15) is 22.8 Å². The Kier molecular flexibility index (Phi) is 4.57. The number of piperidine rings is 1. The third-order valence-corrected chi connectivity index (χ3v) is 4.79. The van der Waals surface area contributed by atoms with Crippen molar-refractivity contribution in [2.45, 2.75) is 37.9 Å². The van der Waals surface area contributed by atoms with E-state index in [1.807, 2.05) is 4.90 Å². The molecule has 2 aliphatic heterocycles. The Bertz CT molecular complexity index is 672. The van der Waals surface area contributed by atoms with Gasteiger partial charge in [0.2, 0.25) is 5.91 Å². The van der Waals surface area contributed by atoms with Crippen LogP contribution in [0.1, 0.15) is 31.2 Å². The normalized spacial score (nSPS) is 23.2. The van der Waals surface area contributed by atoms with E-state index in [4.69, 9.17) is 11.6 Å². The number of rotatable bonds is 2. The van der Waals surface area contributed by atoms with Crippen LogP contribution in [0.5, 0.6) is 0 Å². The summed E-state index contributed by atoms with van der Waals surface area (Å²) in [6, 6.07) is 2.05. The van der Waals surface area contributed by atoms with Crippen molar-refractivity contribution in [1.29, 1.82) is 0 Å². The van der Waals surface area contributed by atoms with E-state index in [1.54, 1.807) is 0 Å². The van der Waals surface area contributed by atoms with Gasteiger partial charge in [-0.25, -0.2) is 4.90 Å². The monoisotopic (exact) mass is 360 g/mol. The SMILES string of the molecule is O=C1C[C@@H](N2CCCCC2)C(=O)N1c1cc(C(F)(F)F)ccc1Cl. The van der Waals surface area contributed by atoms with Crippen molar-refractivity contribution in [2.75, 3.05) is 18.0 Å². The average Bonchev–Trinajstić information content (AvgIpc) is 2.83. The topological polar surface area (TPSA) is 40.6 Å². The molecule has 2 amide bonds. The molecule has 2 saturated heterocycles. The van der Waals surface area contributed by atoms with Crippen molar-refractivity contribution >= 4 is 29.1 Å². The number of benzene rings is 1. The zero-order valence-corrected chi connectivity index (χ0v) is 13.5. The predicted molar refractivity (Wildman–Crippen MR) is 82.8 cm³/mol. The van der Waals surface area contributed by atoms with Crippen LogP contribution >= 0.6 is 11.6 Å². The van der Waals surface area contributed by atoms with Crippen LogP contribution in [0.3, 0.4) is 0 Å². The lowest BCUT2D eigenvalue weighted by atomic mass is 10.1. The van der Waals surface area contributed by atoms with E-state index >= 15 is 0 Å². The lowest BCUT2D eigenvalue weighted by Gasteiger charge is -2.30. The molecule has 2 heterocycles. The summed E-state index contributed by atoms with van der Waals surface area (Å²) in [7, 11) is 0. The summed E-state index contributed by atoms with van der Waals surface area (Å²) < 4.78 is 38.7. The molecule has 0 radical (unpaired) electrons. The van der Waals surface area contributed by atoms with Crippen molar-refractivity contribution < 1.29 is 22.8 Å². The van der Waals surface area contributed by atoms with Gasteiger partial charge in [-0.15, -0.1) is 0 Å². The largest absolute Gasteiger partial charge is 0.416 e. The van der Waals surface area contributed by atoms with Gasteiger partial charge in [0.25, 0.3) is 5.91 Å². The van der Waals surface area contributed by atoms with Gasteiger partial charge in [0.15, 0.2) is 0 Å². The zero-order chi connectivity index (χ0) is 17.5. The first-order valence-corrected chi connectivity index (χ1v) is 8.14. The molecule has 2 aliphatic rings. The molecule has 0 N–H and O–H groups in total. The highest BCUT2D eigenvalue weighted by atomic mass is 35.5. The predicted octanol–water partition coefficient (Wildman–Crippen LogP) is 3.48. The van der Waals surface area contributed by atoms with E-state index in [1.165, 1.54) is 0 Å². The summed E-state index contributed by atoms with van der Waals surface area (Å²) in [5.41, 5.74) is -1.13. The zero-order valence-electron chi connectivity index (χ0n) is 12.8. The molecule has 0 unspecified atom stereocenters. The van der Waals surface area contributed by atoms with Crippen LogP contribution in [0, 0.1) is 0 Å². The lowest BCUT2D eigenvalue weighted by molar-refractivity contribution is -0.137. The summed E-state index contributed by atoms with van der Waals surface area (Å²) in [4.78, 5) is 27.7. The van der Waals surface area contributed by atoms with Gasteiger partial charge in [0.1, 0.15) is 0 Å². The third-order valence-electron chi connectivity index (χ3n) is 4.47. The summed E-state index contributed by atoms with van der Waals surface area (Å²) in [5, 5.41) is -0.0519. The quantitative estimate of drug-likeness (QED) is 0.758. The first kappa shape index (κ1) is 17.2. The minimum Gasteiger partial charge on any atom is -0.292 e. The second-order valence-electron chi connectivity index (χ2n) is 6.05. The van der Waals surface area contributed by atoms with Gasteiger partial charge < -0.3 is 0 Å². The summed E-state index contributed by atoms with van der Waals surface area (Å²) >= 11 is 5.96. The van der Waals surface area contributed by atoms with E-state index in [-0.39, 0.29) is 17.1 Å². The molecule has 1 atom stereocenters. The van der Waals surface area contributed by atoms with E-state index < -0.39 is 29.6 Å². The molecule has 0 aromatic heterocycles. The number of hydrogen-bond donors (Lipinski definition) is 0. The van der Waals surface area contributed by atoms with Crippen LogP contribution in [0.4, 0.5) is 18.9 Å². The Balaban J connectivity index is 1.91. The first-order chi connectivity index (χ1) is 11.3. The van der Waals surface area contributed by atoms with Gasteiger partial charge >= 0.3 is 6.18 Å². The summed E-state index contributed by atoms with van der Waals surface area (Å²) in [6.07, 6.45) is -1.62. The Morgan fingerprint density at radius 2 is 1.75 bits per heavy atom. The maximum Gasteiger partial charge on any atom is 0.416 e. The Labute approximate surface area is 142 Å². The smallest absolute Gasteiger partial charge is 0.292 e. The number of nitrogens with zero attached hydrogens (tertiary/aromatic N) is 2. The van der Waals surface area contributed by atoms with E-state index in [0.29, 0.717) is 13.1 Å². The van der Waals surface area contributed by atoms with E-state index in [2.05, 4.69) is 0 Å². The molecule has 0 aliphatic carbocycles. The molecule has 0 bridgehead atoms. The Hall–Kier alpha value is -1.60. The van der Waals surface area contributed by atoms with Gasteiger partial charge in [-0.1, -0.05) is 18.0 Å². The van der Waals surface area contributed by atoms with Gasteiger partial charge in [-0.2, -0.15) is 13.2 Å².